The number of anilines is 1. The van der Waals surface area contributed by atoms with E-state index in [0.717, 1.165) is 30.5 Å². The van der Waals surface area contributed by atoms with Crippen LogP contribution in [0, 0.1) is 12.8 Å². The van der Waals surface area contributed by atoms with Gasteiger partial charge in [-0.15, -0.1) is 0 Å². The molecular weight excluding hydrogens is 554 g/mol. The second kappa shape index (κ2) is 11.4. The molecule has 40 heavy (non-hydrogen) atoms. The summed E-state index contributed by atoms with van der Waals surface area (Å²) >= 11 is 6.40. The molecule has 2 aromatic heterocycles. The SMILES string of the molecule is CN=C[C@@H]1CN(c2nc3cc([C@@H]4CCCCN4C(=O)C(NS(C)(=O)=O)c4ccccc4Cl)nn3cc2C)C[C@@H]1O. The molecule has 1 unspecified atom stereocenters. The predicted octanol–water partition coefficient (Wildman–Crippen LogP) is 2.53. The minimum Gasteiger partial charge on any atom is -0.391 e. The lowest BCUT2D eigenvalue weighted by molar-refractivity contribution is -0.137. The van der Waals surface area contributed by atoms with Crippen molar-refractivity contribution in [3.05, 3.63) is 58.4 Å². The molecule has 5 rings (SSSR count). The topological polar surface area (TPSA) is 132 Å². The van der Waals surface area contributed by atoms with Gasteiger partial charge >= 0.3 is 0 Å². The minimum atomic E-state index is -3.72. The standard InChI is InChI=1S/C27H34ClN7O4S/c1-17-14-35-24(30-26(17)33-15-18(13-29-2)23(36)16-33)12-21(31-35)22-10-6-7-11-34(22)27(37)25(32-40(3,38)39)19-8-4-5-9-20(19)28/h4-5,8-9,12-14,18,22-23,25,32,36H,6-7,10-11,15-16H2,1-3H3/t18-,22+,23+,25?/m1/s1. The first-order chi connectivity index (χ1) is 19.1. The Hall–Kier alpha value is -3.06. The number of sulfonamides is 1. The van der Waals surface area contributed by atoms with Crippen molar-refractivity contribution < 1.29 is 18.3 Å². The second-order valence-electron chi connectivity index (χ2n) is 10.6. The van der Waals surface area contributed by atoms with Gasteiger partial charge in [0.25, 0.3) is 0 Å². The predicted molar refractivity (Wildman–Crippen MR) is 154 cm³/mol. The van der Waals surface area contributed by atoms with Crippen molar-refractivity contribution in [2.24, 2.45) is 10.9 Å². The molecule has 2 aliphatic rings. The van der Waals surface area contributed by atoms with E-state index < -0.39 is 22.2 Å². The third kappa shape index (κ3) is 5.85. The first-order valence-corrected chi connectivity index (χ1v) is 15.6. The lowest BCUT2D eigenvalue weighted by atomic mass is 9.97. The van der Waals surface area contributed by atoms with Gasteiger partial charge in [0, 0.05) is 61.7 Å². The number of piperidine rings is 1. The first-order valence-electron chi connectivity index (χ1n) is 13.3. The molecule has 3 aromatic rings. The molecule has 2 saturated heterocycles. The number of likely N-dealkylation sites (tertiary alicyclic amines) is 1. The van der Waals surface area contributed by atoms with Crippen LogP contribution in [0.4, 0.5) is 5.82 Å². The highest BCUT2D eigenvalue weighted by Crippen LogP contribution is 2.35. The lowest BCUT2D eigenvalue weighted by Crippen LogP contribution is -2.46. The number of carbonyl (C=O) groups is 1. The molecule has 11 nitrogen and oxygen atoms in total. The van der Waals surface area contributed by atoms with Gasteiger partial charge in [0.2, 0.25) is 15.9 Å². The molecule has 1 amide bonds. The average molecular weight is 588 g/mol. The van der Waals surface area contributed by atoms with Crippen LogP contribution in [0.5, 0.6) is 0 Å². The molecule has 0 saturated carbocycles. The maximum absolute atomic E-state index is 14.0. The zero-order valence-electron chi connectivity index (χ0n) is 22.7. The number of carbonyl (C=O) groups excluding carboxylic acids is 1. The Balaban J connectivity index is 1.47. The highest BCUT2D eigenvalue weighted by Gasteiger charge is 2.37. The summed E-state index contributed by atoms with van der Waals surface area (Å²) in [6.45, 7) is 3.50. The normalized spacial score (nSPS) is 22.9. The number of hydrogen-bond donors (Lipinski definition) is 2. The number of aryl methyl sites for hydroxylation is 1. The van der Waals surface area contributed by atoms with Gasteiger partial charge in [0.05, 0.1) is 24.1 Å². The summed E-state index contributed by atoms with van der Waals surface area (Å²) in [6, 6.07) is 7.13. The van der Waals surface area contributed by atoms with E-state index in [2.05, 4.69) is 14.6 Å². The maximum atomic E-state index is 14.0. The zero-order chi connectivity index (χ0) is 28.6. The Bertz CT molecular complexity index is 1540. The van der Waals surface area contributed by atoms with E-state index in [9.17, 15) is 18.3 Å². The van der Waals surface area contributed by atoms with Crippen molar-refractivity contribution >= 4 is 45.2 Å². The summed E-state index contributed by atoms with van der Waals surface area (Å²) in [4.78, 5) is 26.7. The molecule has 214 valence electrons. The Kier molecular flexibility index (Phi) is 8.14. The summed E-state index contributed by atoms with van der Waals surface area (Å²) in [5.74, 6) is 0.342. The second-order valence-corrected chi connectivity index (χ2v) is 12.7. The van der Waals surface area contributed by atoms with Gasteiger partial charge in [0.1, 0.15) is 11.9 Å². The van der Waals surface area contributed by atoms with Crippen molar-refractivity contribution in [3.63, 3.8) is 0 Å². The van der Waals surface area contributed by atoms with Crippen LogP contribution in [0.25, 0.3) is 5.65 Å². The van der Waals surface area contributed by atoms with E-state index in [1.165, 1.54) is 0 Å². The van der Waals surface area contributed by atoms with E-state index in [-0.39, 0.29) is 17.9 Å². The Morgan fingerprint density at radius 2 is 2.05 bits per heavy atom. The summed E-state index contributed by atoms with van der Waals surface area (Å²) in [5, 5.41) is 15.6. The van der Waals surface area contributed by atoms with Crippen LogP contribution in [-0.2, 0) is 14.8 Å². The molecule has 0 radical (unpaired) electrons. The molecule has 0 spiro atoms. The Morgan fingerprint density at radius 1 is 1.27 bits per heavy atom. The third-order valence-electron chi connectivity index (χ3n) is 7.52. The molecule has 4 atom stereocenters. The summed E-state index contributed by atoms with van der Waals surface area (Å²) in [7, 11) is -2.02. The number of amides is 1. The highest BCUT2D eigenvalue weighted by atomic mass is 35.5. The molecule has 2 fully saturated rings. The van der Waals surface area contributed by atoms with Gasteiger partial charge in [-0.1, -0.05) is 29.8 Å². The molecule has 0 bridgehead atoms. The fraction of sp³-hybridized carbons (Fsp3) is 0.481. The number of aliphatic hydroxyl groups is 1. The first kappa shape index (κ1) is 28.5. The van der Waals surface area contributed by atoms with Gasteiger partial charge in [0.15, 0.2) is 5.65 Å². The fourth-order valence-electron chi connectivity index (χ4n) is 5.66. The molecule has 1 aromatic carbocycles. The number of nitrogens with one attached hydrogen (secondary N) is 1. The Morgan fingerprint density at radius 3 is 2.77 bits per heavy atom. The third-order valence-corrected chi connectivity index (χ3v) is 8.53. The smallest absolute Gasteiger partial charge is 0.245 e. The minimum absolute atomic E-state index is 0.0590. The number of benzene rings is 1. The van der Waals surface area contributed by atoms with E-state index >= 15 is 0 Å². The zero-order valence-corrected chi connectivity index (χ0v) is 24.3. The largest absolute Gasteiger partial charge is 0.391 e. The van der Waals surface area contributed by atoms with Crippen LogP contribution in [0.3, 0.4) is 0 Å². The monoisotopic (exact) mass is 587 g/mol. The van der Waals surface area contributed by atoms with Crippen molar-refractivity contribution in [2.75, 3.05) is 37.8 Å². The molecule has 2 N–H and O–H groups in total. The lowest BCUT2D eigenvalue weighted by Gasteiger charge is -2.37. The molecular formula is C27H34ClN7O4S. The Labute approximate surface area is 238 Å². The summed E-state index contributed by atoms with van der Waals surface area (Å²) in [6.07, 6.45) is 6.58. The molecule has 0 aliphatic carbocycles. The van der Waals surface area contributed by atoms with E-state index in [0.29, 0.717) is 48.0 Å². The van der Waals surface area contributed by atoms with Crippen molar-refractivity contribution in [1.82, 2.24) is 24.2 Å². The molecule has 2 aliphatic heterocycles. The number of fused-ring (bicyclic) bond motifs is 1. The van der Waals surface area contributed by atoms with Crippen LogP contribution >= 0.6 is 11.6 Å². The number of aliphatic imine (C=N–C) groups is 1. The molecule has 13 heteroatoms. The van der Waals surface area contributed by atoms with Gasteiger partial charge < -0.3 is 19.9 Å². The van der Waals surface area contributed by atoms with E-state index in [4.69, 9.17) is 21.7 Å². The van der Waals surface area contributed by atoms with Crippen LogP contribution < -0.4 is 9.62 Å². The molecule has 4 heterocycles. The maximum Gasteiger partial charge on any atom is 0.245 e. The van der Waals surface area contributed by atoms with Gasteiger partial charge in [-0.2, -0.15) is 9.82 Å². The quantitative estimate of drug-likeness (QED) is 0.406. The van der Waals surface area contributed by atoms with Crippen LogP contribution in [-0.4, -0.2) is 84.2 Å². The summed E-state index contributed by atoms with van der Waals surface area (Å²) in [5.41, 5.74) is 2.63. The van der Waals surface area contributed by atoms with Gasteiger partial charge in [-0.3, -0.25) is 4.79 Å². The number of hydrogen-bond acceptors (Lipinski definition) is 8. The van der Waals surface area contributed by atoms with Crippen molar-refractivity contribution in [3.8, 4) is 0 Å². The highest BCUT2D eigenvalue weighted by molar-refractivity contribution is 7.88. The number of β-amino-alcohol motifs (C(OH)–C–C–N with tert-alkyl or cyclic N) is 1. The van der Waals surface area contributed by atoms with E-state index in [1.54, 1.807) is 46.9 Å². The summed E-state index contributed by atoms with van der Waals surface area (Å²) < 4.78 is 28.7. The van der Waals surface area contributed by atoms with Crippen LogP contribution in [0.1, 0.15) is 48.2 Å². The number of aromatic nitrogens is 3. The number of aliphatic hydroxyl groups excluding tert-OH is 1. The van der Waals surface area contributed by atoms with Crippen LogP contribution in [0.2, 0.25) is 5.02 Å². The number of rotatable bonds is 7. The number of halogens is 1. The van der Waals surface area contributed by atoms with Crippen LogP contribution in [0.15, 0.2) is 41.5 Å². The van der Waals surface area contributed by atoms with Crippen molar-refractivity contribution in [1.29, 1.82) is 0 Å². The van der Waals surface area contributed by atoms with Gasteiger partial charge in [-0.05, 0) is 37.8 Å². The number of nitrogens with zero attached hydrogens (tertiary/aromatic N) is 6. The fourth-order valence-corrected chi connectivity index (χ4v) is 6.56. The van der Waals surface area contributed by atoms with Crippen molar-refractivity contribution in [2.45, 2.75) is 44.4 Å². The van der Waals surface area contributed by atoms with E-state index in [1.807, 2.05) is 19.2 Å². The van der Waals surface area contributed by atoms with Gasteiger partial charge in [-0.25, -0.2) is 17.9 Å². The average Bonchev–Trinajstić information content (AvgIpc) is 3.49.